The number of hydrogen-bond donors (Lipinski definition) is 1. The normalized spacial score (nSPS) is 25.4. The molecular formula is C14H24N2O4S. The largest absolute Gasteiger partial charge is 0.464 e. The molecule has 2 heterocycles. The third-order valence-electron chi connectivity index (χ3n) is 4.24. The third kappa shape index (κ3) is 3.52. The van der Waals surface area contributed by atoms with Crippen molar-refractivity contribution in [2.24, 2.45) is 11.1 Å². The van der Waals surface area contributed by atoms with Crippen molar-refractivity contribution in [3.63, 3.8) is 0 Å². The molecule has 0 radical (unpaired) electrons. The number of carbonyl (C=O) groups excluding carboxylic acids is 2. The number of nitrogens with two attached hydrogens (primary N) is 1. The van der Waals surface area contributed by atoms with E-state index in [0.29, 0.717) is 51.5 Å². The maximum Gasteiger partial charge on any atom is 0.329 e. The molecule has 0 bridgehead atoms. The first kappa shape index (κ1) is 16.6. The van der Waals surface area contributed by atoms with Gasteiger partial charge in [0.25, 0.3) is 0 Å². The molecule has 0 aromatic carbocycles. The van der Waals surface area contributed by atoms with Crippen LogP contribution >= 0.6 is 11.8 Å². The average Bonchev–Trinajstić information content (AvgIpc) is 2.55. The molecule has 2 fully saturated rings. The number of nitrogens with zero attached hydrogens (tertiary/aromatic N) is 1. The maximum absolute atomic E-state index is 13.0. The summed E-state index contributed by atoms with van der Waals surface area (Å²) in [6, 6.07) is -0.484. The van der Waals surface area contributed by atoms with Gasteiger partial charge in [-0.2, -0.15) is 11.8 Å². The number of rotatable bonds is 4. The summed E-state index contributed by atoms with van der Waals surface area (Å²) in [6.07, 6.45) is 1.25. The van der Waals surface area contributed by atoms with E-state index < -0.39 is 11.5 Å². The first-order valence-electron chi connectivity index (χ1n) is 7.48. The maximum atomic E-state index is 13.0. The zero-order valence-electron chi connectivity index (χ0n) is 12.5. The fourth-order valence-corrected chi connectivity index (χ4v) is 3.88. The van der Waals surface area contributed by atoms with E-state index >= 15 is 0 Å². The highest BCUT2D eigenvalue weighted by molar-refractivity contribution is 7.99. The molecule has 21 heavy (non-hydrogen) atoms. The van der Waals surface area contributed by atoms with Crippen LogP contribution in [0.4, 0.5) is 0 Å². The van der Waals surface area contributed by atoms with Gasteiger partial charge in [-0.25, -0.2) is 4.79 Å². The lowest BCUT2D eigenvalue weighted by atomic mass is 9.78. The van der Waals surface area contributed by atoms with Crippen LogP contribution in [0.25, 0.3) is 0 Å². The molecule has 0 saturated carbocycles. The summed E-state index contributed by atoms with van der Waals surface area (Å²) in [5.74, 6) is 1.13. The Hall–Kier alpha value is -0.790. The first-order chi connectivity index (χ1) is 10.1. The molecule has 0 aromatic rings. The van der Waals surface area contributed by atoms with Crippen LogP contribution in [0.2, 0.25) is 0 Å². The zero-order valence-corrected chi connectivity index (χ0v) is 13.3. The average molecular weight is 316 g/mol. The van der Waals surface area contributed by atoms with E-state index in [4.69, 9.17) is 15.2 Å². The summed E-state index contributed by atoms with van der Waals surface area (Å²) in [4.78, 5) is 26.8. The molecule has 1 amide bonds. The summed E-state index contributed by atoms with van der Waals surface area (Å²) in [5.41, 5.74) is 5.32. The van der Waals surface area contributed by atoms with Crippen LogP contribution in [0.3, 0.4) is 0 Å². The molecule has 2 aliphatic rings. The van der Waals surface area contributed by atoms with Gasteiger partial charge in [0.05, 0.1) is 12.0 Å². The Labute approximate surface area is 129 Å². The highest BCUT2D eigenvalue weighted by atomic mass is 32.2. The molecular weight excluding hydrogens is 292 g/mol. The van der Waals surface area contributed by atoms with Crippen molar-refractivity contribution in [1.82, 2.24) is 4.90 Å². The summed E-state index contributed by atoms with van der Waals surface area (Å²) >= 11 is 1.68. The summed E-state index contributed by atoms with van der Waals surface area (Å²) in [7, 11) is 0. The van der Waals surface area contributed by atoms with E-state index in [1.807, 2.05) is 0 Å². The van der Waals surface area contributed by atoms with Crippen molar-refractivity contribution in [2.75, 3.05) is 44.4 Å². The van der Waals surface area contributed by atoms with E-state index in [2.05, 4.69) is 0 Å². The van der Waals surface area contributed by atoms with Crippen molar-refractivity contribution >= 4 is 23.6 Å². The van der Waals surface area contributed by atoms with Gasteiger partial charge in [0.15, 0.2) is 0 Å². The Kier molecular flexibility index (Phi) is 5.89. The van der Waals surface area contributed by atoms with Crippen LogP contribution in [-0.4, -0.2) is 67.2 Å². The lowest BCUT2D eigenvalue weighted by molar-refractivity contribution is -0.160. The first-order valence-corrected chi connectivity index (χ1v) is 8.63. The van der Waals surface area contributed by atoms with Crippen LogP contribution in [0.15, 0.2) is 0 Å². The molecule has 1 unspecified atom stereocenters. The summed E-state index contributed by atoms with van der Waals surface area (Å²) in [5, 5.41) is 0. The minimum absolute atomic E-state index is 0.00773. The van der Waals surface area contributed by atoms with Crippen molar-refractivity contribution in [3.8, 4) is 0 Å². The standard InChI is InChI=1S/C14H24N2O4S/c1-2-20-12(17)11-9-21-8-5-16(11)13(18)14(10-15)3-6-19-7-4-14/h11H,2-10,15H2,1H3. The number of esters is 1. The van der Waals surface area contributed by atoms with E-state index in [1.54, 1.807) is 23.6 Å². The van der Waals surface area contributed by atoms with Crippen LogP contribution in [0.5, 0.6) is 0 Å². The number of amides is 1. The van der Waals surface area contributed by atoms with Gasteiger partial charge in [-0.05, 0) is 19.8 Å². The van der Waals surface area contributed by atoms with E-state index in [9.17, 15) is 9.59 Å². The molecule has 6 nitrogen and oxygen atoms in total. The predicted octanol–water partition coefficient (Wildman–Crippen LogP) is 0.249. The minimum Gasteiger partial charge on any atom is -0.464 e. The van der Waals surface area contributed by atoms with Gasteiger partial charge in [-0.1, -0.05) is 0 Å². The van der Waals surface area contributed by atoms with Gasteiger partial charge in [-0.3, -0.25) is 4.79 Å². The monoisotopic (exact) mass is 316 g/mol. The second-order valence-electron chi connectivity index (χ2n) is 5.44. The number of thioether (sulfide) groups is 1. The van der Waals surface area contributed by atoms with Crippen molar-refractivity contribution in [3.05, 3.63) is 0 Å². The predicted molar refractivity (Wildman–Crippen MR) is 81.0 cm³/mol. The van der Waals surface area contributed by atoms with Crippen LogP contribution in [0.1, 0.15) is 19.8 Å². The van der Waals surface area contributed by atoms with Crippen molar-refractivity contribution in [2.45, 2.75) is 25.8 Å². The molecule has 0 spiro atoms. The summed E-state index contributed by atoms with van der Waals surface area (Å²) in [6.45, 7) is 4.09. The zero-order chi connectivity index (χ0) is 15.3. The second kappa shape index (κ2) is 7.47. The number of ether oxygens (including phenoxy) is 2. The van der Waals surface area contributed by atoms with Gasteiger partial charge in [0.1, 0.15) is 6.04 Å². The summed E-state index contributed by atoms with van der Waals surface area (Å²) < 4.78 is 10.5. The smallest absolute Gasteiger partial charge is 0.329 e. The second-order valence-corrected chi connectivity index (χ2v) is 6.59. The molecule has 2 rings (SSSR count). The van der Waals surface area contributed by atoms with E-state index in [1.165, 1.54) is 0 Å². The van der Waals surface area contributed by atoms with Crippen LogP contribution in [0, 0.1) is 5.41 Å². The van der Waals surface area contributed by atoms with Gasteiger partial charge in [0, 0.05) is 37.8 Å². The van der Waals surface area contributed by atoms with Gasteiger partial charge >= 0.3 is 5.97 Å². The lowest BCUT2D eigenvalue weighted by Crippen LogP contribution is -2.58. The van der Waals surface area contributed by atoms with Crippen molar-refractivity contribution in [1.29, 1.82) is 0 Å². The Bertz CT molecular complexity index is 385. The van der Waals surface area contributed by atoms with E-state index in [0.717, 1.165) is 5.75 Å². The molecule has 2 aliphatic heterocycles. The molecule has 2 saturated heterocycles. The van der Waals surface area contributed by atoms with Gasteiger partial charge in [0.2, 0.25) is 5.91 Å². The number of carbonyl (C=O) groups is 2. The van der Waals surface area contributed by atoms with Crippen molar-refractivity contribution < 1.29 is 19.1 Å². The van der Waals surface area contributed by atoms with E-state index in [-0.39, 0.29) is 11.9 Å². The molecule has 120 valence electrons. The highest BCUT2D eigenvalue weighted by Crippen LogP contribution is 2.33. The third-order valence-corrected chi connectivity index (χ3v) is 5.27. The Morgan fingerprint density at radius 1 is 1.43 bits per heavy atom. The minimum atomic E-state index is -0.578. The fourth-order valence-electron chi connectivity index (χ4n) is 2.85. The molecule has 1 atom stereocenters. The number of hydrogen-bond acceptors (Lipinski definition) is 6. The molecule has 7 heteroatoms. The van der Waals surface area contributed by atoms with Gasteiger partial charge < -0.3 is 20.1 Å². The topological polar surface area (TPSA) is 81.9 Å². The Morgan fingerprint density at radius 3 is 2.76 bits per heavy atom. The van der Waals surface area contributed by atoms with Crippen LogP contribution < -0.4 is 5.73 Å². The van der Waals surface area contributed by atoms with Gasteiger partial charge in [-0.15, -0.1) is 0 Å². The Morgan fingerprint density at radius 2 is 2.14 bits per heavy atom. The lowest BCUT2D eigenvalue weighted by Gasteiger charge is -2.42. The molecule has 0 aromatic heterocycles. The fraction of sp³-hybridized carbons (Fsp3) is 0.857. The highest BCUT2D eigenvalue weighted by Gasteiger charge is 2.45. The Balaban J connectivity index is 2.15. The molecule has 0 aliphatic carbocycles. The van der Waals surface area contributed by atoms with Crippen LogP contribution in [-0.2, 0) is 19.1 Å². The SMILES string of the molecule is CCOC(=O)C1CSCCN1C(=O)C1(CN)CCOCC1. The quantitative estimate of drug-likeness (QED) is 0.749. The molecule has 2 N–H and O–H groups in total.